The van der Waals surface area contributed by atoms with E-state index in [1.54, 1.807) is 0 Å². The minimum absolute atomic E-state index is 0.000255. The number of ether oxygens (including phenoxy) is 1. The molecule has 1 N–H and O–H groups in total. The second-order valence-corrected chi connectivity index (χ2v) is 7.82. The second kappa shape index (κ2) is 6.93. The molecule has 1 amide bonds. The Bertz CT molecular complexity index is 863. The number of carbonyl (C=O) groups is 1. The maximum atomic E-state index is 12.5. The molecular weight excluding hydrogens is 340 g/mol. The molecule has 1 aliphatic carbocycles. The zero-order chi connectivity index (χ0) is 18.2. The van der Waals surface area contributed by atoms with Crippen molar-refractivity contribution < 1.29 is 9.53 Å². The van der Waals surface area contributed by atoms with E-state index in [2.05, 4.69) is 38.6 Å². The standard InChI is InChI=1S/C21H24N4O2/c26-21(19-8-15-4-1-2-5-17(15)13-27-19)22-10-14-11-25(12-14)20-9-16-6-3-7-18(16)23-24-20/h1-2,4-5,9,14,19H,3,6-8,10-13H2,(H,22,26). The number of benzene rings is 1. The van der Waals surface area contributed by atoms with Gasteiger partial charge in [0.05, 0.1) is 12.3 Å². The highest BCUT2D eigenvalue weighted by Crippen LogP contribution is 2.27. The number of aromatic nitrogens is 2. The summed E-state index contributed by atoms with van der Waals surface area (Å²) in [6.45, 7) is 3.04. The van der Waals surface area contributed by atoms with Crippen molar-refractivity contribution in [2.24, 2.45) is 5.92 Å². The van der Waals surface area contributed by atoms with Crippen LogP contribution < -0.4 is 10.2 Å². The fourth-order valence-corrected chi connectivity index (χ4v) is 4.23. The van der Waals surface area contributed by atoms with Crippen molar-refractivity contribution in [3.8, 4) is 0 Å². The molecule has 0 bridgehead atoms. The summed E-state index contributed by atoms with van der Waals surface area (Å²) in [6, 6.07) is 10.4. The Hall–Kier alpha value is -2.47. The summed E-state index contributed by atoms with van der Waals surface area (Å²) >= 11 is 0. The molecule has 6 heteroatoms. The smallest absolute Gasteiger partial charge is 0.249 e. The predicted octanol–water partition coefficient (Wildman–Crippen LogP) is 1.66. The monoisotopic (exact) mass is 364 g/mol. The SMILES string of the molecule is O=C(NCC1CN(c2cc3c(nn2)CCC3)C1)C1Cc2ccccc2CO1. The van der Waals surface area contributed by atoms with Gasteiger partial charge in [0.25, 0.3) is 0 Å². The number of nitrogens with one attached hydrogen (secondary N) is 1. The lowest BCUT2D eigenvalue weighted by Crippen LogP contribution is -2.53. The highest BCUT2D eigenvalue weighted by atomic mass is 16.5. The number of anilines is 1. The Labute approximate surface area is 158 Å². The molecular formula is C21H24N4O2. The van der Waals surface area contributed by atoms with Gasteiger partial charge in [-0.3, -0.25) is 4.79 Å². The van der Waals surface area contributed by atoms with Crippen LogP contribution in [0.15, 0.2) is 30.3 Å². The lowest BCUT2D eigenvalue weighted by atomic mass is 9.97. The van der Waals surface area contributed by atoms with Gasteiger partial charge in [-0.15, -0.1) is 5.10 Å². The van der Waals surface area contributed by atoms with E-state index in [0.717, 1.165) is 37.4 Å². The van der Waals surface area contributed by atoms with Crippen LogP contribution in [0.3, 0.4) is 0 Å². The number of carbonyl (C=O) groups excluding carboxylic acids is 1. The highest BCUT2D eigenvalue weighted by molar-refractivity contribution is 5.81. The summed E-state index contributed by atoms with van der Waals surface area (Å²) in [4.78, 5) is 14.7. The van der Waals surface area contributed by atoms with Crippen LogP contribution in [0.1, 0.15) is 28.8 Å². The molecule has 27 heavy (non-hydrogen) atoms. The molecule has 0 saturated carbocycles. The van der Waals surface area contributed by atoms with Gasteiger partial charge in [0.2, 0.25) is 5.91 Å². The van der Waals surface area contributed by atoms with Gasteiger partial charge in [-0.05, 0) is 42.0 Å². The van der Waals surface area contributed by atoms with Crippen molar-refractivity contribution in [2.45, 2.75) is 38.4 Å². The van der Waals surface area contributed by atoms with Gasteiger partial charge in [-0.1, -0.05) is 24.3 Å². The summed E-state index contributed by atoms with van der Waals surface area (Å²) in [5, 5.41) is 11.8. The Morgan fingerprint density at radius 2 is 2.00 bits per heavy atom. The summed E-state index contributed by atoms with van der Waals surface area (Å²) in [5.74, 6) is 1.44. The Morgan fingerprint density at radius 1 is 1.15 bits per heavy atom. The van der Waals surface area contributed by atoms with Crippen molar-refractivity contribution in [2.75, 3.05) is 24.5 Å². The van der Waals surface area contributed by atoms with Crippen molar-refractivity contribution in [3.05, 3.63) is 52.7 Å². The van der Waals surface area contributed by atoms with Crippen LogP contribution in [0.2, 0.25) is 0 Å². The third kappa shape index (κ3) is 3.30. The molecule has 2 aromatic rings. The number of hydrogen-bond donors (Lipinski definition) is 1. The van der Waals surface area contributed by atoms with Crippen molar-refractivity contribution >= 4 is 11.7 Å². The minimum atomic E-state index is -0.376. The van der Waals surface area contributed by atoms with E-state index >= 15 is 0 Å². The van der Waals surface area contributed by atoms with Crippen LogP contribution in [-0.4, -0.2) is 41.8 Å². The molecule has 1 aromatic heterocycles. The van der Waals surface area contributed by atoms with E-state index in [9.17, 15) is 4.79 Å². The zero-order valence-electron chi connectivity index (χ0n) is 15.4. The first-order valence-electron chi connectivity index (χ1n) is 9.83. The molecule has 3 heterocycles. The van der Waals surface area contributed by atoms with Crippen LogP contribution in [0.5, 0.6) is 0 Å². The molecule has 5 rings (SSSR count). The molecule has 1 atom stereocenters. The predicted molar refractivity (Wildman–Crippen MR) is 101 cm³/mol. The van der Waals surface area contributed by atoms with E-state index in [4.69, 9.17) is 4.74 Å². The first-order valence-corrected chi connectivity index (χ1v) is 9.83. The summed E-state index contributed by atoms with van der Waals surface area (Å²) in [5.41, 5.74) is 4.92. The normalized spacial score (nSPS) is 21.3. The zero-order valence-corrected chi connectivity index (χ0v) is 15.4. The Kier molecular flexibility index (Phi) is 4.28. The fraction of sp³-hybridized carbons (Fsp3) is 0.476. The molecule has 0 radical (unpaired) electrons. The van der Waals surface area contributed by atoms with Crippen LogP contribution in [0.4, 0.5) is 5.82 Å². The van der Waals surface area contributed by atoms with Crippen molar-refractivity contribution in [1.29, 1.82) is 0 Å². The van der Waals surface area contributed by atoms with Gasteiger partial charge in [0, 0.05) is 32.0 Å². The largest absolute Gasteiger partial charge is 0.363 e. The fourth-order valence-electron chi connectivity index (χ4n) is 4.23. The molecule has 1 fully saturated rings. The average Bonchev–Trinajstić information content (AvgIpc) is 3.14. The molecule has 6 nitrogen and oxygen atoms in total. The lowest BCUT2D eigenvalue weighted by Gasteiger charge is -2.40. The summed E-state index contributed by atoms with van der Waals surface area (Å²) in [6.07, 6.45) is 3.65. The number of hydrogen-bond acceptors (Lipinski definition) is 5. The van der Waals surface area contributed by atoms with E-state index < -0.39 is 0 Å². The van der Waals surface area contributed by atoms with Gasteiger partial charge in [-0.25, -0.2) is 0 Å². The average molecular weight is 364 g/mol. The summed E-state index contributed by atoms with van der Waals surface area (Å²) < 4.78 is 5.74. The molecule has 140 valence electrons. The van der Waals surface area contributed by atoms with Gasteiger partial charge >= 0.3 is 0 Å². The van der Waals surface area contributed by atoms with E-state index in [1.807, 2.05) is 12.1 Å². The van der Waals surface area contributed by atoms with Crippen LogP contribution in [0, 0.1) is 5.92 Å². The first-order chi connectivity index (χ1) is 13.3. The van der Waals surface area contributed by atoms with E-state index in [0.29, 0.717) is 25.5 Å². The topological polar surface area (TPSA) is 67.4 Å². The van der Waals surface area contributed by atoms with Crippen LogP contribution in [0.25, 0.3) is 0 Å². The number of amides is 1. The third-order valence-corrected chi connectivity index (χ3v) is 5.91. The minimum Gasteiger partial charge on any atom is -0.363 e. The van der Waals surface area contributed by atoms with Gasteiger partial charge in [0.15, 0.2) is 5.82 Å². The quantitative estimate of drug-likeness (QED) is 0.894. The molecule has 0 spiro atoms. The number of nitrogens with zero attached hydrogens (tertiary/aromatic N) is 3. The Balaban J connectivity index is 1.10. The molecule has 1 unspecified atom stereocenters. The molecule has 2 aliphatic heterocycles. The number of fused-ring (bicyclic) bond motifs is 2. The number of aryl methyl sites for hydroxylation is 2. The van der Waals surface area contributed by atoms with E-state index in [-0.39, 0.29) is 12.0 Å². The molecule has 1 aromatic carbocycles. The highest BCUT2D eigenvalue weighted by Gasteiger charge is 2.31. The first kappa shape index (κ1) is 16.7. The van der Waals surface area contributed by atoms with Gasteiger partial charge in [-0.2, -0.15) is 5.10 Å². The number of rotatable bonds is 4. The molecule has 1 saturated heterocycles. The lowest BCUT2D eigenvalue weighted by molar-refractivity contribution is -0.134. The maximum Gasteiger partial charge on any atom is 0.249 e. The maximum absolute atomic E-state index is 12.5. The van der Waals surface area contributed by atoms with E-state index in [1.165, 1.54) is 23.1 Å². The Morgan fingerprint density at radius 3 is 2.89 bits per heavy atom. The van der Waals surface area contributed by atoms with Gasteiger partial charge in [0.1, 0.15) is 6.10 Å². The van der Waals surface area contributed by atoms with Crippen LogP contribution in [-0.2, 0) is 35.4 Å². The third-order valence-electron chi connectivity index (χ3n) is 5.91. The van der Waals surface area contributed by atoms with Crippen molar-refractivity contribution in [3.63, 3.8) is 0 Å². The van der Waals surface area contributed by atoms with Gasteiger partial charge < -0.3 is 15.0 Å². The van der Waals surface area contributed by atoms with Crippen LogP contribution >= 0.6 is 0 Å². The molecule has 3 aliphatic rings. The summed E-state index contributed by atoms with van der Waals surface area (Å²) in [7, 11) is 0. The second-order valence-electron chi connectivity index (χ2n) is 7.82. The van der Waals surface area contributed by atoms with Crippen molar-refractivity contribution in [1.82, 2.24) is 15.5 Å².